The van der Waals surface area contributed by atoms with Gasteiger partial charge in [0.1, 0.15) is 5.97 Å². The smallest absolute Gasteiger partial charge is 0.544 e. The summed E-state index contributed by atoms with van der Waals surface area (Å²) in [5.41, 5.74) is 0. The van der Waals surface area contributed by atoms with Gasteiger partial charge in [-0.25, -0.2) is 0 Å². The summed E-state index contributed by atoms with van der Waals surface area (Å²) in [7, 11) is 0. The summed E-state index contributed by atoms with van der Waals surface area (Å²) in [6.45, 7) is 0.00845. The number of carbonyl (C=O) groups excluding carboxylic acids is 1. The molecule has 0 bridgehead atoms. The van der Waals surface area contributed by atoms with Gasteiger partial charge in [0, 0.05) is 6.61 Å². The van der Waals surface area contributed by atoms with E-state index in [0.29, 0.717) is 0 Å². The van der Waals surface area contributed by atoms with Gasteiger partial charge in [0.05, 0.1) is 12.5 Å². The molecule has 3 nitrogen and oxygen atoms in total. The second-order valence-electron chi connectivity index (χ2n) is 2.47. The topological polar surface area (TPSA) is 49.4 Å². The molecule has 0 aromatic carbocycles. The Labute approximate surface area is 90.4 Å². The van der Waals surface area contributed by atoms with E-state index >= 15 is 0 Å². The van der Waals surface area contributed by atoms with Gasteiger partial charge in [0.2, 0.25) is 0 Å². The molecule has 12 heavy (non-hydrogen) atoms. The Kier molecular flexibility index (Phi) is 4.61. The minimum atomic E-state index is -3.74. The third-order valence-corrected chi connectivity index (χ3v) is 1.71. The van der Waals surface area contributed by atoms with Gasteiger partial charge in [-0.3, -0.25) is 0 Å². The normalized spacial score (nSPS) is 23.3. The first-order chi connectivity index (χ1) is 5.05. The Morgan fingerprint density at radius 2 is 2.17 bits per heavy atom. The van der Waals surface area contributed by atoms with Crippen LogP contribution >= 0.6 is 0 Å². The largest absolute Gasteiger partial charge is 1.00 e. The van der Waals surface area contributed by atoms with Gasteiger partial charge in [0.15, 0.2) is 0 Å². The average Bonchev–Trinajstić information content (AvgIpc) is 2.37. The van der Waals surface area contributed by atoms with Crippen LogP contribution in [0.5, 0.6) is 0 Å². The number of carboxylic acids is 1. The molecule has 0 N–H and O–H groups in total. The van der Waals surface area contributed by atoms with Crippen LogP contribution in [0.3, 0.4) is 0 Å². The Bertz CT molecular complexity index is 168. The van der Waals surface area contributed by atoms with Crippen LogP contribution < -0.4 is 34.7 Å². The number of ether oxygens (including phenoxy) is 1. The fourth-order valence-corrected chi connectivity index (χ4v) is 0.987. The molecule has 1 unspecified atom stereocenters. The second kappa shape index (κ2) is 4.50. The summed E-state index contributed by atoms with van der Waals surface area (Å²) >= 11 is 0. The van der Waals surface area contributed by atoms with Crippen LogP contribution in [-0.4, -0.2) is 25.1 Å². The first kappa shape index (κ1) is 12.3. The van der Waals surface area contributed by atoms with Crippen molar-refractivity contribution in [3.63, 3.8) is 0 Å². The van der Waals surface area contributed by atoms with Crippen LogP contribution in [0.25, 0.3) is 0 Å². The summed E-state index contributed by atoms with van der Waals surface area (Å²) in [5.74, 6) is -7.27. The number of hydrogen-bond donors (Lipinski definition) is 0. The molecule has 1 aliphatic heterocycles. The Morgan fingerprint density at radius 1 is 1.58 bits per heavy atom. The minimum absolute atomic E-state index is 0. The third kappa shape index (κ3) is 2.39. The first-order valence-electron chi connectivity index (χ1n) is 3.22. The molecule has 0 aliphatic carbocycles. The molecule has 0 amide bonds. The molecule has 0 saturated carbocycles. The maximum Gasteiger partial charge on any atom is 1.00 e. The van der Waals surface area contributed by atoms with Crippen LogP contribution in [0.1, 0.15) is 6.42 Å². The molecule has 6 heteroatoms. The van der Waals surface area contributed by atoms with E-state index in [0.717, 1.165) is 0 Å². The van der Waals surface area contributed by atoms with Crippen LogP contribution in [-0.2, 0) is 9.53 Å². The van der Waals surface area contributed by atoms with Gasteiger partial charge in [-0.2, -0.15) is 8.78 Å². The predicted molar refractivity (Wildman–Crippen MR) is 28.9 cm³/mol. The molecule has 0 aromatic rings. The average molecular weight is 188 g/mol. The molecular weight excluding hydrogens is 181 g/mol. The van der Waals surface area contributed by atoms with Gasteiger partial charge in [-0.05, 0) is 6.42 Å². The van der Waals surface area contributed by atoms with E-state index in [1.165, 1.54) is 0 Å². The Hall–Kier alpha value is 0.290. The summed E-state index contributed by atoms with van der Waals surface area (Å²) < 4.78 is 29.6. The van der Waals surface area contributed by atoms with E-state index < -0.39 is 17.8 Å². The van der Waals surface area contributed by atoms with Crippen molar-refractivity contribution < 1.29 is 53.0 Å². The zero-order chi connectivity index (χ0) is 8.48. The number of halogens is 2. The Morgan fingerprint density at radius 3 is 2.50 bits per heavy atom. The van der Waals surface area contributed by atoms with Crippen molar-refractivity contribution in [3.05, 3.63) is 0 Å². The molecule has 1 rings (SSSR count). The standard InChI is InChI=1S/C6H8F2O3.Na/c7-6(8,5(9)10)4-1-2-11-3-4;/h4H,1-3H2,(H,9,10);/q;+1/p-1. The molecule has 1 fully saturated rings. The SMILES string of the molecule is O=C([O-])C(F)(F)C1CCOC1.[Na+]. The zero-order valence-electron chi connectivity index (χ0n) is 6.68. The number of alkyl halides is 2. The van der Waals surface area contributed by atoms with Gasteiger partial charge >= 0.3 is 29.6 Å². The van der Waals surface area contributed by atoms with Gasteiger partial charge < -0.3 is 14.6 Å². The predicted octanol–water partition coefficient (Wildman–Crippen LogP) is -3.59. The van der Waals surface area contributed by atoms with Crippen LogP contribution in [0.15, 0.2) is 0 Å². The maximum atomic E-state index is 12.5. The summed E-state index contributed by atoms with van der Waals surface area (Å²) in [5, 5.41) is 9.89. The number of hydrogen-bond acceptors (Lipinski definition) is 3. The number of rotatable bonds is 2. The van der Waals surface area contributed by atoms with E-state index in [1.54, 1.807) is 0 Å². The molecule has 1 heterocycles. The van der Waals surface area contributed by atoms with E-state index in [2.05, 4.69) is 4.74 Å². The van der Waals surface area contributed by atoms with Crippen molar-refractivity contribution in [2.24, 2.45) is 5.92 Å². The maximum absolute atomic E-state index is 12.5. The van der Waals surface area contributed by atoms with E-state index in [-0.39, 0.29) is 49.2 Å². The van der Waals surface area contributed by atoms with E-state index in [9.17, 15) is 18.7 Å². The third-order valence-electron chi connectivity index (χ3n) is 1.71. The molecule has 64 valence electrons. The van der Waals surface area contributed by atoms with Gasteiger partial charge in [0.25, 0.3) is 5.92 Å². The molecule has 1 saturated heterocycles. The van der Waals surface area contributed by atoms with Crippen molar-refractivity contribution in [2.75, 3.05) is 13.2 Å². The number of aliphatic carboxylic acids is 1. The fraction of sp³-hybridized carbons (Fsp3) is 0.833. The van der Waals surface area contributed by atoms with Crippen LogP contribution in [0.4, 0.5) is 8.78 Å². The van der Waals surface area contributed by atoms with Crippen molar-refractivity contribution in [3.8, 4) is 0 Å². The van der Waals surface area contributed by atoms with Gasteiger partial charge in [-0.15, -0.1) is 0 Å². The number of carbonyl (C=O) groups is 1. The minimum Gasteiger partial charge on any atom is -0.544 e. The molecule has 0 aromatic heterocycles. The molecular formula is C6H7F2NaO3. The molecule has 0 radical (unpaired) electrons. The van der Waals surface area contributed by atoms with E-state index in [4.69, 9.17) is 0 Å². The first-order valence-corrected chi connectivity index (χ1v) is 3.22. The van der Waals surface area contributed by atoms with E-state index in [1.807, 2.05) is 0 Å². The van der Waals surface area contributed by atoms with Gasteiger partial charge in [-0.1, -0.05) is 0 Å². The van der Waals surface area contributed by atoms with Crippen molar-refractivity contribution in [2.45, 2.75) is 12.3 Å². The second-order valence-corrected chi connectivity index (χ2v) is 2.47. The number of carboxylic acid groups (broad SMARTS) is 1. The van der Waals surface area contributed by atoms with Crippen LogP contribution in [0, 0.1) is 5.92 Å². The summed E-state index contributed by atoms with van der Waals surface area (Å²) in [6, 6.07) is 0. The monoisotopic (exact) mass is 188 g/mol. The van der Waals surface area contributed by atoms with Crippen molar-refractivity contribution in [1.82, 2.24) is 0 Å². The molecule has 1 aliphatic rings. The quantitative estimate of drug-likeness (QED) is 0.421. The van der Waals surface area contributed by atoms with Crippen molar-refractivity contribution >= 4 is 5.97 Å². The van der Waals surface area contributed by atoms with Crippen molar-refractivity contribution in [1.29, 1.82) is 0 Å². The van der Waals surface area contributed by atoms with Crippen LogP contribution in [0.2, 0.25) is 0 Å². The molecule has 0 spiro atoms. The summed E-state index contributed by atoms with van der Waals surface area (Å²) in [6.07, 6.45) is 0.0843. The summed E-state index contributed by atoms with van der Waals surface area (Å²) in [4.78, 5) is 9.89. The zero-order valence-corrected chi connectivity index (χ0v) is 8.68. The molecule has 1 atom stereocenters. The Balaban J connectivity index is 0.00000121. The fourth-order valence-electron chi connectivity index (χ4n) is 0.987.